The first-order chi connectivity index (χ1) is 12.5. The van der Waals surface area contributed by atoms with Crippen LogP contribution in [0.3, 0.4) is 0 Å². The average molecular weight is 390 g/mol. The summed E-state index contributed by atoms with van der Waals surface area (Å²) >= 11 is 7.47. The molecule has 0 saturated heterocycles. The predicted molar refractivity (Wildman–Crippen MR) is 106 cm³/mol. The van der Waals surface area contributed by atoms with Gasteiger partial charge in [-0.2, -0.15) is 4.98 Å². The number of benzene rings is 1. The summed E-state index contributed by atoms with van der Waals surface area (Å²) in [5, 5.41) is 1.04. The summed E-state index contributed by atoms with van der Waals surface area (Å²) in [6, 6.07) is 10.2. The van der Waals surface area contributed by atoms with E-state index in [9.17, 15) is 4.79 Å². The lowest BCUT2D eigenvalue weighted by Crippen LogP contribution is -2.23. The maximum atomic E-state index is 12.3. The van der Waals surface area contributed by atoms with Crippen LogP contribution in [-0.4, -0.2) is 29.1 Å². The molecule has 0 spiro atoms. The zero-order chi connectivity index (χ0) is 18.7. The number of anilines is 1. The maximum absolute atomic E-state index is 12.3. The van der Waals surface area contributed by atoms with E-state index in [2.05, 4.69) is 33.9 Å². The fourth-order valence-corrected chi connectivity index (χ4v) is 4.14. The standard InChI is InChI=1S/C19H20ClN3O2S/c1-4-23(11-13-9-7-6-8-10-13)16-14-12(3)15(18(24)25-5-2)26-17(14)22-19(20)21-16/h6-10H,4-5,11H2,1-3H3. The lowest BCUT2D eigenvalue weighted by molar-refractivity contribution is 0.0531. The lowest BCUT2D eigenvalue weighted by Gasteiger charge is -2.23. The summed E-state index contributed by atoms with van der Waals surface area (Å²) in [5.74, 6) is 0.414. The molecule has 0 aliphatic rings. The van der Waals surface area contributed by atoms with Crippen LogP contribution < -0.4 is 4.90 Å². The molecule has 0 aliphatic carbocycles. The van der Waals surface area contributed by atoms with Crippen molar-refractivity contribution in [2.45, 2.75) is 27.3 Å². The van der Waals surface area contributed by atoms with Crippen LogP contribution in [-0.2, 0) is 11.3 Å². The molecule has 26 heavy (non-hydrogen) atoms. The van der Waals surface area contributed by atoms with Crippen molar-refractivity contribution >= 4 is 44.9 Å². The van der Waals surface area contributed by atoms with Gasteiger partial charge >= 0.3 is 5.97 Å². The van der Waals surface area contributed by atoms with E-state index in [1.165, 1.54) is 16.9 Å². The third kappa shape index (κ3) is 3.66. The van der Waals surface area contributed by atoms with Crippen molar-refractivity contribution in [1.82, 2.24) is 9.97 Å². The van der Waals surface area contributed by atoms with E-state index in [0.29, 0.717) is 22.9 Å². The topological polar surface area (TPSA) is 55.3 Å². The quantitative estimate of drug-likeness (QED) is 0.445. The van der Waals surface area contributed by atoms with E-state index < -0.39 is 0 Å². The van der Waals surface area contributed by atoms with E-state index in [1.807, 2.05) is 25.1 Å². The van der Waals surface area contributed by atoms with Gasteiger partial charge in [-0.25, -0.2) is 9.78 Å². The number of rotatable bonds is 6. The minimum absolute atomic E-state index is 0.177. The van der Waals surface area contributed by atoms with Gasteiger partial charge < -0.3 is 9.64 Å². The minimum atomic E-state index is -0.332. The smallest absolute Gasteiger partial charge is 0.348 e. The van der Waals surface area contributed by atoms with Gasteiger partial charge in [-0.3, -0.25) is 0 Å². The van der Waals surface area contributed by atoms with Gasteiger partial charge in [0.2, 0.25) is 5.28 Å². The van der Waals surface area contributed by atoms with Crippen LogP contribution in [0.25, 0.3) is 10.2 Å². The molecule has 0 radical (unpaired) electrons. The molecule has 0 unspecified atom stereocenters. The third-order valence-corrected chi connectivity index (χ3v) is 5.44. The van der Waals surface area contributed by atoms with Gasteiger partial charge in [-0.1, -0.05) is 30.3 Å². The molecule has 3 aromatic rings. The van der Waals surface area contributed by atoms with E-state index >= 15 is 0 Å². The number of esters is 1. The first kappa shape index (κ1) is 18.6. The summed E-state index contributed by atoms with van der Waals surface area (Å²) in [4.78, 5) is 24.5. The SMILES string of the molecule is CCOC(=O)c1sc2nc(Cl)nc(N(CC)Cc3ccccc3)c2c1C. The Morgan fingerprint density at radius 3 is 2.62 bits per heavy atom. The normalized spacial score (nSPS) is 10.9. The molecule has 0 N–H and O–H groups in total. The van der Waals surface area contributed by atoms with Crippen LogP contribution in [0.1, 0.15) is 34.6 Å². The van der Waals surface area contributed by atoms with Crippen molar-refractivity contribution in [2.24, 2.45) is 0 Å². The van der Waals surface area contributed by atoms with Crippen LogP contribution in [0.5, 0.6) is 0 Å². The Morgan fingerprint density at radius 1 is 1.23 bits per heavy atom. The molecular weight excluding hydrogens is 370 g/mol. The van der Waals surface area contributed by atoms with Crippen molar-refractivity contribution in [3.05, 3.63) is 51.6 Å². The molecule has 7 heteroatoms. The van der Waals surface area contributed by atoms with Crippen molar-refractivity contribution < 1.29 is 9.53 Å². The minimum Gasteiger partial charge on any atom is -0.462 e. The number of fused-ring (bicyclic) bond motifs is 1. The molecule has 3 rings (SSSR count). The van der Waals surface area contributed by atoms with Gasteiger partial charge in [-0.05, 0) is 43.5 Å². The summed E-state index contributed by atoms with van der Waals surface area (Å²) in [6.07, 6.45) is 0. The molecule has 0 atom stereocenters. The second-order valence-electron chi connectivity index (χ2n) is 5.77. The Kier molecular flexibility index (Phi) is 5.74. The second kappa shape index (κ2) is 8.01. The Labute approximate surface area is 161 Å². The van der Waals surface area contributed by atoms with Gasteiger partial charge in [0.25, 0.3) is 0 Å². The van der Waals surface area contributed by atoms with Gasteiger partial charge in [0, 0.05) is 13.1 Å². The summed E-state index contributed by atoms with van der Waals surface area (Å²) < 4.78 is 5.17. The highest BCUT2D eigenvalue weighted by atomic mass is 35.5. The van der Waals surface area contributed by atoms with E-state index in [-0.39, 0.29) is 11.3 Å². The predicted octanol–water partition coefficient (Wildman–Crippen LogP) is 4.86. The molecule has 5 nitrogen and oxygen atoms in total. The molecule has 136 valence electrons. The van der Waals surface area contributed by atoms with Crippen molar-refractivity contribution in [3.63, 3.8) is 0 Å². The molecule has 0 fully saturated rings. The number of halogens is 1. The molecule has 0 bridgehead atoms. The van der Waals surface area contributed by atoms with Gasteiger partial charge in [0.1, 0.15) is 15.5 Å². The van der Waals surface area contributed by atoms with Crippen LogP contribution in [0.4, 0.5) is 5.82 Å². The average Bonchev–Trinajstić information content (AvgIpc) is 2.96. The van der Waals surface area contributed by atoms with Gasteiger partial charge in [0.15, 0.2) is 0 Å². The number of hydrogen-bond acceptors (Lipinski definition) is 6. The fourth-order valence-electron chi connectivity index (χ4n) is 2.85. The highest BCUT2D eigenvalue weighted by Gasteiger charge is 2.23. The number of thiophene rings is 1. The number of aromatic nitrogens is 2. The zero-order valence-electron chi connectivity index (χ0n) is 15.0. The summed E-state index contributed by atoms with van der Waals surface area (Å²) in [5.41, 5.74) is 2.01. The van der Waals surface area contributed by atoms with Crippen LogP contribution in [0.2, 0.25) is 5.28 Å². The highest BCUT2D eigenvalue weighted by Crippen LogP contribution is 2.37. The molecule has 0 saturated carbocycles. The number of nitrogens with zero attached hydrogens (tertiary/aromatic N) is 3. The first-order valence-electron chi connectivity index (χ1n) is 8.47. The molecule has 2 aromatic heterocycles. The van der Waals surface area contributed by atoms with Crippen molar-refractivity contribution in [3.8, 4) is 0 Å². The monoisotopic (exact) mass is 389 g/mol. The number of carbonyl (C=O) groups excluding carboxylic acids is 1. The Morgan fingerprint density at radius 2 is 1.96 bits per heavy atom. The third-order valence-electron chi connectivity index (χ3n) is 4.10. The summed E-state index contributed by atoms with van der Waals surface area (Å²) in [7, 11) is 0. The fraction of sp³-hybridized carbons (Fsp3) is 0.316. The number of carbonyl (C=O) groups is 1. The van der Waals surface area contributed by atoms with Gasteiger partial charge in [0.05, 0.1) is 12.0 Å². The highest BCUT2D eigenvalue weighted by molar-refractivity contribution is 7.20. The second-order valence-corrected chi connectivity index (χ2v) is 7.11. The number of aryl methyl sites for hydroxylation is 1. The largest absolute Gasteiger partial charge is 0.462 e. The maximum Gasteiger partial charge on any atom is 0.348 e. The van der Waals surface area contributed by atoms with Crippen LogP contribution in [0.15, 0.2) is 30.3 Å². The van der Waals surface area contributed by atoms with Gasteiger partial charge in [-0.15, -0.1) is 11.3 Å². The van der Waals surface area contributed by atoms with E-state index in [4.69, 9.17) is 16.3 Å². The molecule has 1 aromatic carbocycles. The lowest BCUT2D eigenvalue weighted by atomic mass is 10.1. The number of hydrogen-bond donors (Lipinski definition) is 0. The first-order valence-corrected chi connectivity index (χ1v) is 9.67. The Bertz CT molecular complexity index is 927. The van der Waals surface area contributed by atoms with Crippen molar-refractivity contribution in [1.29, 1.82) is 0 Å². The number of ether oxygens (including phenoxy) is 1. The Balaban J connectivity index is 2.10. The molecule has 0 amide bonds. The molecule has 0 aliphatic heterocycles. The molecular formula is C19H20ClN3O2S. The van der Waals surface area contributed by atoms with Crippen LogP contribution >= 0.6 is 22.9 Å². The van der Waals surface area contributed by atoms with Crippen molar-refractivity contribution in [2.75, 3.05) is 18.1 Å². The zero-order valence-corrected chi connectivity index (χ0v) is 16.5. The Hall–Kier alpha value is -2.18. The van der Waals surface area contributed by atoms with E-state index in [1.54, 1.807) is 6.92 Å². The van der Waals surface area contributed by atoms with E-state index in [0.717, 1.165) is 23.3 Å². The van der Waals surface area contributed by atoms with Crippen LogP contribution in [0, 0.1) is 6.92 Å². The summed E-state index contributed by atoms with van der Waals surface area (Å²) in [6.45, 7) is 7.55. The molecule has 2 heterocycles.